The lowest BCUT2D eigenvalue weighted by molar-refractivity contribution is 0.0723. The highest BCUT2D eigenvalue weighted by atomic mass is 16.6. The largest absolute Gasteiger partial charge is 0.489 e. The van der Waals surface area contributed by atoms with Gasteiger partial charge in [0.25, 0.3) is 5.56 Å². The molecule has 0 fully saturated rings. The number of pyridine rings is 1. The molecule has 2 aromatic heterocycles. The van der Waals surface area contributed by atoms with Crippen LogP contribution in [0.3, 0.4) is 0 Å². The molecule has 35 heavy (non-hydrogen) atoms. The minimum atomic E-state index is -0.280. The summed E-state index contributed by atoms with van der Waals surface area (Å²) in [4.78, 5) is 27.1. The molecule has 0 bridgehead atoms. The molecule has 0 aliphatic carbocycles. The number of ether oxygens (including phenoxy) is 2. The van der Waals surface area contributed by atoms with E-state index in [2.05, 4.69) is 10.6 Å². The Morgan fingerprint density at radius 3 is 2.60 bits per heavy atom. The van der Waals surface area contributed by atoms with Crippen LogP contribution in [0.1, 0.15) is 30.7 Å². The second-order valence-corrected chi connectivity index (χ2v) is 9.13. The van der Waals surface area contributed by atoms with Gasteiger partial charge in [0.05, 0.1) is 23.9 Å². The molecule has 7 heteroatoms. The number of benzene rings is 2. The minimum absolute atomic E-state index is 0.146. The van der Waals surface area contributed by atoms with E-state index in [9.17, 15) is 9.59 Å². The van der Waals surface area contributed by atoms with E-state index in [1.807, 2.05) is 69.4 Å². The second kappa shape index (κ2) is 9.33. The lowest BCUT2D eigenvalue weighted by Crippen LogP contribution is -2.37. The third-order valence-corrected chi connectivity index (χ3v) is 6.41. The van der Waals surface area contributed by atoms with Crippen molar-refractivity contribution in [2.75, 3.05) is 6.54 Å². The summed E-state index contributed by atoms with van der Waals surface area (Å²) < 4.78 is 14.9. The van der Waals surface area contributed by atoms with Crippen molar-refractivity contribution in [2.45, 2.75) is 39.5 Å². The molecule has 0 unspecified atom stereocenters. The number of rotatable bonds is 5. The Bertz CT molecular complexity index is 1440. The van der Waals surface area contributed by atoms with E-state index in [0.717, 1.165) is 34.3 Å². The molecule has 0 atom stereocenters. The van der Waals surface area contributed by atoms with E-state index in [0.29, 0.717) is 25.4 Å². The lowest BCUT2D eigenvalue weighted by Gasteiger charge is -2.28. The number of aromatic nitrogens is 2. The van der Waals surface area contributed by atoms with Crippen molar-refractivity contribution < 1.29 is 14.3 Å². The molecule has 1 aliphatic rings. The first-order valence-corrected chi connectivity index (χ1v) is 11.9. The molecule has 2 aromatic carbocycles. The van der Waals surface area contributed by atoms with Gasteiger partial charge in [-0.3, -0.25) is 9.36 Å². The van der Waals surface area contributed by atoms with Gasteiger partial charge in [0, 0.05) is 36.9 Å². The molecular weight excluding hydrogens is 442 g/mol. The van der Waals surface area contributed by atoms with E-state index in [1.165, 1.54) is 11.6 Å². The predicted octanol–water partition coefficient (Wildman–Crippen LogP) is 4.81. The van der Waals surface area contributed by atoms with Gasteiger partial charge in [-0.1, -0.05) is 36.4 Å². The van der Waals surface area contributed by atoms with Crippen LogP contribution in [0.4, 0.5) is 4.79 Å². The molecular formula is C28H29N3O4. The van der Waals surface area contributed by atoms with Gasteiger partial charge in [-0.05, 0) is 49.6 Å². The van der Waals surface area contributed by atoms with Crippen molar-refractivity contribution >= 4 is 17.0 Å². The van der Waals surface area contributed by atoms with E-state index in [-0.39, 0.29) is 17.8 Å². The number of nitrogens with zero attached hydrogens (tertiary/aromatic N) is 3. The van der Waals surface area contributed by atoms with Gasteiger partial charge in [0.15, 0.2) is 0 Å². The van der Waals surface area contributed by atoms with E-state index in [1.54, 1.807) is 15.7 Å². The van der Waals surface area contributed by atoms with Crippen LogP contribution in [0, 0.1) is 0 Å². The van der Waals surface area contributed by atoms with Gasteiger partial charge in [0.2, 0.25) is 0 Å². The maximum atomic E-state index is 12.9. The summed E-state index contributed by atoms with van der Waals surface area (Å²) in [7, 11) is 2.01. The summed E-state index contributed by atoms with van der Waals surface area (Å²) in [6.07, 6.45) is 2.09. The highest BCUT2D eigenvalue weighted by Crippen LogP contribution is 2.31. The molecule has 0 N–H and O–H groups in total. The van der Waals surface area contributed by atoms with E-state index in [4.69, 9.17) is 9.47 Å². The Morgan fingerprint density at radius 1 is 1.06 bits per heavy atom. The van der Waals surface area contributed by atoms with Crippen molar-refractivity contribution in [1.82, 2.24) is 14.0 Å². The number of carbonyl (C=O) groups excluding carboxylic acids is 1. The zero-order valence-corrected chi connectivity index (χ0v) is 20.2. The van der Waals surface area contributed by atoms with Crippen LogP contribution in [0.5, 0.6) is 5.75 Å². The smallest absolute Gasteiger partial charge is 0.410 e. The fourth-order valence-electron chi connectivity index (χ4n) is 4.63. The number of fused-ring (bicyclic) bond motifs is 3. The van der Waals surface area contributed by atoms with Crippen molar-refractivity contribution in [3.63, 3.8) is 0 Å². The molecule has 0 spiro atoms. The standard InChI is InChI=1S/C28H29N3O4/c1-19(2)35-28(33)30-13-12-24-23-10-9-21(15-25(23)29(3)26(24)17-30)31-14-11-22(16-27(31)32)34-18-20-7-5-4-6-8-20/h4-11,14-16,19H,12-13,17-18H2,1-3H3. The van der Waals surface area contributed by atoms with E-state index < -0.39 is 0 Å². The quantitative estimate of drug-likeness (QED) is 0.419. The van der Waals surface area contributed by atoms with E-state index >= 15 is 0 Å². The van der Waals surface area contributed by atoms with Crippen LogP contribution in [-0.4, -0.2) is 32.8 Å². The summed E-state index contributed by atoms with van der Waals surface area (Å²) in [6, 6.07) is 19.2. The third-order valence-electron chi connectivity index (χ3n) is 6.41. The monoisotopic (exact) mass is 471 g/mol. The Morgan fingerprint density at radius 2 is 1.86 bits per heavy atom. The molecule has 5 rings (SSSR count). The number of carbonyl (C=O) groups is 1. The number of hydrogen-bond donors (Lipinski definition) is 0. The summed E-state index contributed by atoms with van der Waals surface area (Å²) in [6.45, 7) is 5.26. The molecule has 1 amide bonds. The zero-order valence-electron chi connectivity index (χ0n) is 20.2. The molecule has 0 saturated carbocycles. The fourth-order valence-corrected chi connectivity index (χ4v) is 4.63. The molecule has 180 valence electrons. The fraction of sp³-hybridized carbons (Fsp3) is 0.286. The summed E-state index contributed by atoms with van der Waals surface area (Å²) in [5.41, 5.74) is 5.05. The van der Waals surface area contributed by atoms with Gasteiger partial charge < -0.3 is 18.9 Å². The average Bonchev–Trinajstić information content (AvgIpc) is 3.14. The van der Waals surface area contributed by atoms with Crippen LogP contribution < -0.4 is 10.3 Å². The maximum Gasteiger partial charge on any atom is 0.410 e. The van der Waals surface area contributed by atoms with Crippen molar-refractivity contribution in [3.05, 3.63) is 94.0 Å². The molecule has 0 saturated heterocycles. The first-order chi connectivity index (χ1) is 16.9. The first kappa shape index (κ1) is 22.8. The highest BCUT2D eigenvalue weighted by Gasteiger charge is 2.27. The lowest BCUT2D eigenvalue weighted by atomic mass is 10.0. The van der Waals surface area contributed by atoms with Gasteiger partial charge in [0.1, 0.15) is 12.4 Å². The number of amides is 1. The topological polar surface area (TPSA) is 65.7 Å². The molecule has 1 aliphatic heterocycles. The second-order valence-electron chi connectivity index (χ2n) is 9.13. The van der Waals surface area contributed by atoms with Crippen molar-refractivity contribution in [1.29, 1.82) is 0 Å². The van der Waals surface area contributed by atoms with Crippen LogP contribution in [0.25, 0.3) is 16.6 Å². The van der Waals surface area contributed by atoms with Crippen LogP contribution in [-0.2, 0) is 31.4 Å². The minimum Gasteiger partial charge on any atom is -0.489 e. The van der Waals surface area contributed by atoms with Crippen molar-refractivity contribution in [3.8, 4) is 11.4 Å². The van der Waals surface area contributed by atoms with Gasteiger partial charge >= 0.3 is 6.09 Å². The Hall–Kier alpha value is -4.00. The Balaban J connectivity index is 1.40. The Labute approximate surface area is 204 Å². The van der Waals surface area contributed by atoms with Crippen LogP contribution in [0.15, 0.2) is 71.7 Å². The molecule has 4 aromatic rings. The van der Waals surface area contributed by atoms with Gasteiger partial charge in [-0.2, -0.15) is 0 Å². The highest BCUT2D eigenvalue weighted by molar-refractivity contribution is 5.88. The molecule has 3 heterocycles. The molecule has 0 radical (unpaired) electrons. The SMILES string of the molecule is CC(C)OC(=O)N1CCc2c(n(C)c3cc(-n4ccc(OCc5ccccc5)cc4=O)ccc23)C1. The predicted molar refractivity (Wildman–Crippen MR) is 135 cm³/mol. The van der Waals surface area contributed by atoms with Gasteiger partial charge in [-0.15, -0.1) is 0 Å². The Kier molecular flexibility index (Phi) is 6.07. The normalized spacial score (nSPS) is 13.2. The van der Waals surface area contributed by atoms with Crippen LogP contribution >= 0.6 is 0 Å². The van der Waals surface area contributed by atoms with Crippen molar-refractivity contribution in [2.24, 2.45) is 7.05 Å². The van der Waals surface area contributed by atoms with Crippen LogP contribution in [0.2, 0.25) is 0 Å². The number of hydrogen-bond acceptors (Lipinski definition) is 4. The summed E-state index contributed by atoms with van der Waals surface area (Å²) >= 11 is 0. The summed E-state index contributed by atoms with van der Waals surface area (Å²) in [5, 5.41) is 1.15. The first-order valence-electron chi connectivity index (χ1n) is 11.9. The molecule has 7 nitrogen and oxygen atoms in total. The number of aryl methyl sites for hydroxylation is 1. The third kappa shape index (κ3) is 4.54. The summed E-state index contributed by atoms with van der Waals surface area (Å²) in [5.74, 6) is 0.541. The maximum absolute atomic E-state index is 12.9. The zero-order chi connectivity index (χ0) is 24.5. The van der Waals surface area contributed by atoms with Gasteiger partial charge in [-0.25, -0.2) is 4.79 Å². The average molecular weight is 472 g/mol.